The molecule has 146 valence electrons. The number of benzene rings is 1. The molecule has 0 aromatic heterocycles. The summed E-state index contributed by atoms with van der Waals surface area (Å²) >= 11 is 0. The van der Waals surface area contributed by atoms with Crippen molar-refractivity contribution in [2.45, 2.75) is 51.2 Å². The summed E-state index contributed by atoms with van der Waals surface area (Å²) < 4.78 is 10.5. The van der Waals surface area contributed by atoms with Crippen molar-refractivity contribution < 1.29 is 23.9 Å². The van der Waals surface area contributed by atoms with E-state index in [4.69, 9.17) is 9.47 Å². The summed E-state index contributed by atoms with van der Waals surface area (Å²) in [6.45, 7) is 1.91. The lowest BCUT2D eigenvalue weighted by Crippen LogP contribution is -2.36. The molecule has 0 bridgehead atoms. The summed E-state index contributed by atoms with van der Waals surface area (Å²) in [4.78, 5) is 38.8. The minimum absolute atomic E-state index is 0.00924. The van der Waals surface area contributed by atoms with Crippen LogP contribution < -0.4 is 10.1 Å². The lowest BCUT2D eigenvalue weighted by Gasteiger charge is -2.24. The van der Waals surface area contributed by atoms with E-state index in [1.54, 1.807) is 24.3 Å². The smallest absolute Gasteiger partial charge is 0.312 e. The Morgan fingerprint density at radius 3 is 2.63 bits per heavy atom. The highest BCUT2D eigenvalue weighted by Crippen LogP contribution is 2.30. The Morgan fingerprint density at radius 1 is 1.22 bits per heavy atom. The van der Waals surface area contributed by atoms with Gasteiger partial charge in [0.25, 0.3) is 5.91 Å². The van der Waals surface area contributed by atoms with Crippen LogP contribution in [-0.4, -0.2) is 48.5 Å². The molecule has 27 heavy (non-hydrogen) atoms. The maximum Gasteiger partial charge on any atom is 0.312 e. The van der Waals surface area contributed by atoms with Gasteiger partial charge in [0.1, 0.15) is 5.75 Å². The molecule has 0 unspecified atom stereocenters. The number of hydrogen-bond donors (Lipinski definition) is 1. The van der Waals surface area contributed by atoms with Gasteiger partial charge in [0.05, 0.1) is 18.7 Å². The van der Waals surface area contributed by atoms with E-state index in [2.05, 4.69) is 5.32 Å². The molecule has 1 N–H and O–H groups in total. The highest BCUT2D eigenvalue weighted by Gasteiger charge is 2.40. The second-order valence-corrected chi connectivity index (χ2v) is 7.15. The first-order valence-electron chi connectivity index (χ1n) is 9.43. The number of rotatable bonds is 6. The summed E-state index contributed by atoms with van der Waals surface area (Å²) in [5.41, 5.74) is 0.511. The van der Waals surface area contributed by atoms with E-state index in [-0.39, 0.29) is 18.4 Å². The molecule has 1 aliphatic heterocycles. The molecule has 2 fully saturated rings. The van der Waals surface area contributed by atoms with Gasteiger partial charge in [-0.15, -0.1) is 0 Å². The molecule has 2 atom stereocenters. The van der Waals surface area contributed by atoms with Crippen LogP contribution in [0.1, 0.15) is 39.0 Å². The molecule has 0 radical (unpaired) electrons. The Hall–Kier alpha value is -2.57. The fourth-order valence-corrected chi connectivity index (χ4v) is 3.76. The fraction of sp³-hybridized carbons (Fsp3) is 0.550. The number of carbonyl (C=O) groups is 3. The second-order valence-electron chi connectivity index (χ2n) is 7.15. The van der Waals surface area contributed by atoms with Crippen LogP contribution in [0.3, 0.4) is 0 Å². The van der Waals surface area contributed by atoms with Crippen molar-refractivity contribution in [2.75, 3.05) is 19.0 Å². The SMILES string of the molecule is COc1ccccc1NC(=O)[C@@H](C)OC(=O)[C@@H]1CC(=O)N(C2CCCC2)C1. The lowest BCUT2D eigenvalue weighted by atomic mass is 10.1. The van der Waals surface area contributed by atoms with Crippen LogP contribution in [0.5, 0.6) is 5.75 Å². The van der Waals surface area contributed by atoms with E-state index >= 15 is 0 Å². The molecule has 1 aromatic rings. The third-order valence-corrected chi connectivity index (χ3v) is 5.28. The number of methoxy groups -OCH3 is 1. The molecule has 1 heterocycles. The molecule has 2 aliphatic rings. The highest BCUT2D eigenvalue weighted by atomic mass is 16.5. The van der Waals surface area contributed by atoms with Crippen LogP contribution in [0.2, 0.25) is 0 Å². The number of nitrogens with zero attached hydrogens (tertiary/aromatic N) is 1. The second kappa shape index (κ2) is 8.41. The zero-order valence-electron chi connectivity index (χ0n) is 15.8. The normalized spacial score (nSPS) is 21.2. The Labute approximate surface area is 159 Å². The third kappa shape index (κ3) is 4.40. The van der Waals surface area contributed by atoms with Gasteiger partial charge < -0.3 is 19.7 Å². The van der Waals surface area contributed by atoms with Crippen LogP contribution in [0.4, 0.5) is 5.69 Å². The van der Waals surface area contributed by atoms with E-state index in [0.717, 1.165) is 25.7 Å². The van der Waals surface area contributed by atoms with E-state index in [1.807, 2.05) is 4.90 Å². The van der Waals surface area contributed by atoms with Crippen LogP contribution in [-0.2, 0) is 19.1 Å². The highest BCUT2D eigenvalue weighted by molar-refractivity contribution is 5.96. The number of ether oxygens (including phenoxy) is 2. The number of nitrogens with one attached hydrogen (secondary N) is 1. The predicted octanol–water partition coefficient (Wildman–Crippen LogP) is 2.36. The largest absolute Gasteiger partial charge is 0.495 e. The molecule has 7 heteroatoms. The van der Waals surface area contributed by atoms with Crippen molar-refractivity contribution in [3.63, 3.8) is 0 Å². The molecule has 7 nitrogen and oxygen atoms in total. The Balaban J connectivity index is 1.54. The standard InChI is InChI=1S/C20H26N2O5/c1-13(19(24)21-16-9-5-6-10-17(16)26-2)27-20(25)14-11-18(23)22(12-14)15-7-3-4-8-15/h5-6,9-10,13-15H,3-4,7-8,11-12H2,1-2H3,(H,21,24)/t13-,14-/m1/s1. The number of hydrogen-bond acceptors (Lipinski definition) is 5. The summed E-state index contributed by atoms with van der Waals surface area (Å²) in [7, 11) is 1.52. The van der Waals surface area contributed by atoms with Gasteiger partial charge in [-0.2, -0.15) is 0 Å². The Kier molecular flexibility index (Phi) is 5.98. The van der Waals surface area contributed by atoms with Crippen molar-refractivity contribution in [2.24, 2.45) is 5.92 Å². The molecule has 1 aromatic carbocycles. The summed E-state index contributed by atoms with van der Waals surface area (Å²) in [5.74, 6) is -0.899. The monoisotopic (exact) mass is 374 g/mol. The maximum atomic E-state index is 12.4. The zero-order chi connectivity index (χ0) is 19.4. The molecular formula is C20H26N2O5. The van der Waals surface area contributed by atoms with Gasteiger partial charge in [0, 0.05) is 19.0 Å². The summed E-state index contributed by atoms with van der Waals surface area (Å²) in [5, 5.41) is 2.70. The van der Waals surface area contributed by atoms with Crippen molar-refractivity contribution in [1.29, 1.82) is 0 Å². The molecule has 1 saturated heterocycles. The quantitative estimate of drug-likeness (QED) is 0.773. The molecule has 2 amide bonds. The van der Waals surface area contributed by atoms with Gasteiger partial charge in [-0.25, -0.2) is 0 Å². The van der Waals surface area contributed by atoms with Crippen molar-refractivity contribution in [3.8, 4) is 5.75 Å². The van der Waals surface area contributed by atoms with Gasteiger partial charge in [0.15, 0.2) is 6.10 Å². The Bertz CT molecular complexity index is 714. The van der Waals surface area contributed by atoms with Crippen molar-refractivity contribution in [3.05, 3.63) is 24.3 Å². The molecule has 1 aliphatic carbocycles. The molecule has 0 spiro atoms. The minimum atomic E-state index is -0.960. The third-order valence-electron chi connectivity index (χ3n) is 5.28. The lowest BCUT2D eigenvalue weighted by molar-refractivity contribution is -0.157. The molecule has 3 rings (SSSR count). The number of carbonyl (C=O) groups excluding carboxylic acids is 3. The van der Waals surface area contributed by atoms with Crippen LogP contribution in [0, 0.1) is 5.92 Å². The average Bonchev–Trinajstić information content (AvgIpc) is 3.31. The first-order valence-corrected chi connectivity index (χ1v) is 9.43. The van der Waals surface area contributed by atoms with E-state index in [9.17, 15) is 14.4 Å². The van der Waals surface area contributed by atoms with Gasteiger partial charge in [-0.05, 0) is 31.9 Å². The first kappa shape index (κ1) is 19.2. The van der Waals surface area contributed by atoms with Gasteiger partial charge in [-0.3, -0.25) is 14.4 Å². The van der Waals surface area contributed by atoms with Crippen molar-refractivity contribution >= 4 is 23.5 Å². The van der Waals surface area contributed by atoms with Crippen LogP contribution in [0.15, 0.2) is 24.3 Å². The van der Waals surface area contributed by atoms with E-state index < -0.39 is 23.9 Å². The average molecular weight is 374 g/mol. The number of para-hydroxylation sites is 2. The van der Waals surface area contributed by atoms with Crippen LogP contribution >= 0.6 is 0 Å². The van der Waals surface area contributed by atoms with Crippen molar-refractivity contribution in [1.82, 2.24) is 4.90 Å². The van der Waals surface area contributed by atoms with Crippen LogP contribution in [0.25, 0.3) is 0 Å². The Morgan fingerprint density at radius 2 is 1.93 bits per heavy atom. The number of amides is 2. The van der Waals surface area contributed by atoms with E-state index in [0.29, 0.717) is 18.0 Å². The van der Waals surface area contributed by atoms with Gasteiger partial charge in [-0.1, -0.05) is 25.0 Å². The summed E-state index contributed by atoms with van der Waals surface area (Å²) in [6, 6.07) is 7.26. The predicted molar refractivity (Wildman–Crippen MR) is 99.3 cm³/mol. The van der Waals surface area contributed by atoms with Gasteiger partial charge in [0.2, 0.25) is 5.91 Å². The minimum Gasteiger partial charge on any atom is -0.495 e. The summed E-state index contributed by atoms with van der Waals surface area (Å²) in [6.07, 6.45) is 3.47. The van der Waals surface area contributed by atoms with E-state index in [1.165, 1.54) is 14.0 Å². The fourth-order valence-electron chi connectivity index (χ4n) is 3.76. The van der Waals surface area contributed by atoms with Gasteiger partial charge >= 0.3 is 5.97 Å². The maximum absolute atomic E-state index is 12.4. The molecule has 1 saturated carbocycles. The topological polar surface area (TPSA) is 84.9 Å². The zero-order valence-corrected chi connectivity index (χ0v) is 15.8. The first-order chi connectivity index (χ1) is 13.0. The number of likely N-dealkylation sites (tertiary alicyclic amines) is 1. The molecular weight excluding hydrogens is 348 g/mol. The number of anilines is 1. The number of esters is 1.